The molecule has 0 aromatic heterocycles. The maximum absolute atomic E-state index is 12.7. The lowest BCUT2D eigenvalue weighted by Crippen LogP contribution is -2.37. The Bertz CT molecular complexity index is 916. The minimum absolute atomic E-state index is 0.123. The number of rotatable bonds is 7. The molecule has 2 aromatic carbocycles. The van der Waals surface area contributed by atoms with E-state index in [0.717, 1.165) is 18.4 Å². The van der Waals surface area contributed by atoms with Crippen LogP contribution in [-0.2, 0) is 21.4 Å². The quantitative estimate of drug-likeness (QED) is 0.753. The Hall–Kier alpha value is -2.38. The first-order valence-electron chi connectivity index (χ1n) is 9.90. The summed E-state index contributed by atoms with van der Waals surface area (Å²) in [6, 6.07) is 14.2. The van der Waals surface area contributed by atoms with Crippen molar-refractivity contribution in [3.63, 3.8) is 0 Å². The van der Waals surface area contributed by atoms with Crippen LogP contribution in [0, 0.1) is 12.8 Å². The van der Waals surface area contributed by atoms with Gasteiger partial charge < -0.3 is 10.1 Å². The van der Waals surface area contributed by atoms with E-state index in [1.807, 2.05) is 31.2 Å². The largest absolute Gasteiger partial charge is 0.484 e. The number of hydrogen-bond acceptors (Lipinski definition) is 4. The van der Waals surface area contributed by atoms with Crippen LogP contribution in [-0.4, -0.2) is 38.3 Å². The van der Waals surface area contributed by atoms with E-state index in [2.05, 4.69) is 12.2 Å². The maximum Gasteiger partial charge on any atom is 0.258 e. The van der Waals surface area contributed by atoms with Crippen LogP contribution in [0.25, 0.3) is 0 Å². The van der Waals surface area contributed by atoms with Gasteiger partial charge in [-0.2, -0.15) is 4.31 Å². The smallest absolute Gasteiger partial charge is 0.258 e. The molecule has 1 amide bonds. The third-order valence-corrected chi connectivity index (χ3v) is 7.10. The number of aryl methyl sites for hydroxylation is 1. The molecule has 0 aliphatic carbocycles. The summed E-state index contributed by atoms with van der Waals surface area (Å²) in [5, 5.41) is 2.80. The lowest BCUT2D eigenvalue weighted by Gasteiger charge is -2.29. The van der Waals surface area contributed by atoms with Crippen molar-refractivity contribution >= 4 is 15.9 Å². The molecule has 29 heavy (non-hydrogen) atoms. The number of amides is 1. The van der Waals surface area contributed by atoms with Gasteiger partial charge in [-0.3, -0.25) is 4.79 Å². The van der Waals surface area contributed by atoms with Gasteiger partial charge in [-0.05, 0) is 55.5 Å². The zero-order valence-electron chi connectivity index (χ0n) is 16.9. The fourth-order valence-corrected chi connectivity index (χ4v) is 4.66. The standard InChI is InChI=1S/C22H28N2O4S/c1-17-3-5-19(6-4-17)15-23-22(25)16-28-20-7-9-21(10-8-20)29(26,27)24-13-11-18(2)12-14-24/h3-10,18H,11-16H2,1-2H3,(H,23,25). The Morgan fingerprint density at radius 2 is 1.69 bits per heavy atom. The second-order valence-electron chi connectivity index (χ2n) is 7.61. The molecule has 0 unspecified atom stereocenters. The number of piperidine rings is 1. The highest BCUT2D eigenvalue weighted by Crippen LogP contribution is 2.24. The van der Waals surface area contributed by atoms with Gasteiger partial charge in [0.2, 0.25) is 10.0 Å². The molecule has 0 bridgehead atoms. The molecule has 0 saturated carbocycles. The summed E-state index contributed by atoms with van der Waals surface area (Å²) in [5.41, 5.74) is 2.19. The number of ether oxygens (including phenoxy) is 1. The Morgan fingerprint density at radius 1 is 1.07 bits per heavy atom. The summed E-state index contributed by atoms with van der Waals surface area (Å²) in [7, 11) is -3.48. The Balaban J connectivity index is 1.49. The second kappa shape index (κ2) is 9.41. The molecule has 1 aliphatic heterocycles. The number of hydrogen-bond donors (Lipinski definition) is 1. The Kier molecular flexibility index (Phi) is 6.92. The van der Waals surface area contributed by atoms with E-state index in [1.165, 1.54) is 17.7 Å². The minimum Gasteiger partial charge on any atom is -0.484 e. The number of carbonyl (C=O) groups excluding carboxylic acids is 1. The predicted octanol–water partition coefficient (Wildman–Crippen LogP) is 3.11. The zero-order valence-corrected chi connectivity index (χ0v) is 17.7. The third kappa shape index (κ3) is 5.81. The number of sulfonamides is 1. The van der Waals surface area contributed by atoms with Crippen LogP contribution in [0.4, 0.5) is 0 Å². The van der Waals surface area contributed by atoms with E-state index in [9.17, 15) is 13.2 Å². The van der Waals surface area contributed by atoms with Crippen molar-refractivity contribution < 1.29 is 17.9 Å². The van der Waals surface area contributed by atoms with Gasteiger partial charge in [-0.15, -0.1) is 0 Å². The fraction of sp³-hybridized carbons (Fsp3) is 0.409. The van der Waals surface area contributed by atoms with Gasteiger partial charge in [0.15, 0.2) is 6.61 Å². The summed E-state index contributed by atoms with van der Waals surface area (Å²) in [5.74, 6) is 0.792. The summed E-state index contributed by atoms with van der Waals surface area (Å²) >= 11 is 0. The fourth-order valence-electron chi connectivity index (χ4n) is 3.19. The van der Waals surface area contributed by atoms with Crippen LogP contribution >= 0.6 is 0 Å². The number of benzene rings is 2. The van der Waals surface area contributed by atoms with Crippen LogP contribution in [0.15, 0.2) is 53.4 Å². The summed E-state index contributed by atoms with van der Waals surface area (Å²) in [6.07, 6.45) is 1.77. The Morgan fingerprint density at radius 3 is 2.31 bits per heavy atom. The number of nitrogens with one attached hydrogen (secondary N) is 1. The van der Waals surface area contributed by atoms with Crippen LogP contribution in [0.5, 0.6) is 5.75 Å². The SMILES string of the molecule is Cc1ccc(CNC(=O)COc2ccc(S(=O)(=O)N3CCC(C)CC3)cc2)cc1. The topological polar surface area (TPSA) is 75.7 Å². The molecule has 1 heterocycles. The summed E-state index contributed by atoms with van der Waals surface area (Å²) in [6.45, 7) is 5.59. The Labute approximate surface area is 172 Å². The highest BCUT2D eigenvalue weighted by Gasteiger charge is 2.27. The van der Waals surface area contributed by atoms with Gasteiger partial charge in [0.1, 0.15) is 5.75 Å². The van der Waals surface area contributed by atoms with E-state index in [0.29, 0.717) is 31.3 Å². The van der Waals surface area contributed by atoms with E-state index < -0.39 is 10.0 Å². The first-order chi connectivity index (χ1) is 13.8. The van der Waals surface area contributed by atoms with E-state index in [1.54, 1.807) is 16.4 Å². The highest BCUT2D eigenvalue weighted by atomic mass is 32.2. The van der Waals surface area contributed by atoms with Crippen molar-refractivity contribution in [3.8, 4) is 5.75 Å². The second-order valence-corrected chi connectivity index (χ2v) is 9.55. The highest BCUT2D eigenvalue weighted by molar-refractivity contribution is 7.89. The molecule has 1 saturated heterocycles. The minimum atomic E-state index is -3.48. The molecule has 156 valence electrons. The van der Waals surface area contributed by atoms with Crippen LogP contribution < -0.4 is 10.1 Å². The van der Waals surface area contributed by atoms with Gasteiger partial charge >= 0.3 is 0 Å². The average molecular weight is 417 g/mol. The molecular weight excluding hydrogens is 388 g/mol. The van der Waals surface area contributed by atoms with Crippen molar-refractivity contribution in [1.82, 2.24) is 9.62 Å². The summed E-state index contributed by atoms with van der Waals surface area (Å²) in [4.78, 5) is 12.2. The predicted molar refractivity (Wildman–Crippen MR) is 112 cm³/mol. The number of nitrogens with zero attached hydrogens (tertiary/aromatic N) is 1. The first kappa shape index (κ1) is 21.3. The molecule has 1 fully saturated rings. The van der Waals surface area contributed by atoms with E-state index >= 15 is 0 Å². The van der Waals surface area contributed by atoms with Gasteiger partial charge in [0.25, 0.3) is 5.91 Å². The molecule has 1 aliphatic rings. The molecule has 2 aromatic rings. The van der Waals surface area contributed by atoms with Crippen LogP contribution in [0.1, 0.15) is 30.9 Å². The summed E-state index contributed by atoms with van der Waals surface area (Å²) < 4.78 is 32.5. The molecule has 6 nitrogen and oxygen atoms in total. The average Bonchev–Trinajstić information content (AvgIpc) is 2.72. The zero-order chi connectivity index (χ0) is 20.9. The van der Waals surface area contributed by atoms with Gasteiger partial charge in [-0.25, -0.2) is 8.42 Å². The monoisotopic (exact) mass is 416 g/mol. The van der Waals surface area contributed by atoms with Crippen molar-refractivity contribution in [3.05, 3.63) is 59.7 Å². The van der Waals surface area contributed by atoms with Crippen molar-refractivity contribution in [2.24, 2.45) is 5.92 Å². The molecule has 7 heteroatoms. The van der Waals surface area contributed by atoms with E-state index in [4.69, 9.17) is 4.74 Å². The molecule has 0 radical (unpaired) electrons. The van der Waals surface area contributed by atoms with Crippen LogP contribution in [0.2, 0.25) is 0 Å². The lowest BCUT2D eigenvalue weighted by atomic mass is 10.0. The van der Waals surface area contributed by atoms with Crippen LogP contribution in [0.3, 0.4) is 0 Å². The van der Waals surface area contributed by atoms with Gasteiger partial charge in [-0.1, -0.05) is 36.8 Å². The first-order valence-corrected chi connectivity index (χ1v) is 11.3. The van der Waals surface area contributed by atoms with Crippen molar-refractivity contribution in [1.29, 1.82) is 0 Å². The van der Waals surface area contributed by atoms with Gasteiger partial charge in [0, 0.05) is 19.6 Å². The van der Waals surface area contributed by atoms with E-state index in [-0.39, 0.29) is 17.4 Å². The lowest BCUT2D eigenvalue weighted by molar-refractivity contribution is -0.123. The molecular formula is C22H28N2O4S. The molecule has 0 spiro atoms. The van der Waals surface area contributed by atoms with Crippen molar-refractivity contribution in [2.45, 2.75) is 38.1 Å². The van der Waals surface area contributed by atoms with Crippen molar-refractivity contribution in [2.75, 3.05) is 19.7 Å². The molecule has 3 rings (SSSR count). The molecule has 1 N–H and O–H groups in total. The third-order valence-electron chi connectivity index (χ3n) is 5.18. The number of carbonyl (C=O) groups is 1. The maximum atomic E-state index is 12.7. The normalized spacial score (nSPS) is 15.8. The molecule has 0 atom stereocenters. The van der Waals surface area contributed by atoms with Gasteiger partial charge in [0.05, 0.1) is 4.90 Å².